The third-order valence-electron chi connectivity index (χ3n) is 3.47. The lowest BCUT2D eigenvalue weighted by Gasteiger charge is -2.30. The fourth-order valence-electron chi connectivity index (χ4n) is 2.38. The summed E-state index contributed by atoms with van der Waals surface area (Å²) in [6.45, 7) is 10.2. The summed E-state index contributed by atoms with van der Waals surface area (Å²) in [5.41, 5.74) is 0.409. The lowest BCUT2D eigenvalue weighted by molar-refractivity contribution is 0.379. The zero-order valence-electron chi connectivity index (χ0n) is 14.0. The van der Waals surface area contributed by atoms with Crippen LogP contribution in [0.5, 0.6) is 0 Å². The molecule has 2 rings (SSSR count). The van der Waals surface area contributed by atoms with Gasteiger partial charge >= 0.3 is 0 Å². The van der Waals surface area contributed by atoms with Gasteiger partial charge in [0.2, 0.25) is 0 Å². The predicted octanol–water partition coefficient (Wildman–Crippen LogP) is 4.15. The molecule has 1 N–H and O–H groups in total. The first-order chi connectivity index (χ1) is 10.2. The van der Waals surface area contributed by atoms with E-state index >= 15 is 0 Å². The monoisotopic (exact) mass is 319 g/mol. The summed E-state index contributed by atoms with van der Waals surface area (Å²) in [5.74, 6) is 2.20. The summed E-state index contributed by atoms with van der Waals surface area (Å²) in [6.07, 6.45) is 0. The van der Waals surface area contributed by atoms with Crippen molar-refractivity contribution in [2.45, 2.75) is 40.2 Å². The SMILES string of the molecule is Cc1ccc([C@](C)(NS(=O)CC(C)(C)C)c2ccccc2)o1. The Kier molecular flexibility index (Phi) is 4.93. The lowest BCUT2D eigenvalue weighted by Crippen LogP contribution is -2.43. The molecule has 0 aliphatic rings. The Morgan fingerprint density at radius 2 is 1.68 bits per heavy atom. The molecule has 2 atom stereocenters. The molecule has 1 aromatic carbocycles. The van der Waals surface area contributed by atoms with Crippen molar-refractivity contribution in [1.29, 1.82) is 0 Å². The van der Waals surface area contributed by atoms with Crippen molar-refractivity contribution in [3.05, 3.63) is 59.5 Å². The van der Waals surface area contributed by atoms with Gasteiger partial charge in [0.25, 0.3) is 0 Å². The van der Waals surface area contributed by atoms with Crippen LogP contribution in [0, 0.1) is 12.3 Å². The van der Waals surface area contributed by atoms with Crippen molar-refractivity contribution in [2.24, 2.45) is 5.41 Å². The largest absolute Gasteiger partial charge is 0.464 e. The van der Waals surface area contributed by atoms with Gasteiger partial charge in [-0.25, -0.2) is 8.93 Å². The highest BCUT2D eigenvalue weighted by Crippen LogP contribution is 2.31. The van der Waals surface area contributed by atoms with Gasteiger partial charge in [-0.1, -0.05) is 51.1 Å². The summed E-state index contributed by atoms with van der Waals surface area (Å²) in [6, 6.07) is 13.9. The second-order valence-corrected chi connectivity index (χ2v) is 8.24. The van der Waals surface area contributed by atoms with Gasteiger partial charge in [-0.15, -0.1) is 0 Å². The van der Waals surface area contributed by atoms with E-state index in [0.29, 0.717) is 5.75 Å². The normalized spacial score (nSPS) is 16.2. The maximum Gasteiger partial charge on any atom is 0.129 e. The molecule has 0 fully saturated rings. The molecular formula is C18H25NO2S. The molecule has 0 amide bonds. The van der Waals surface area contributed by atoms with Crippen molar-refractivity contribution in [1.82, 2.24) is 4.72 Å². The van der Waals surface area contributed by atoms with Crippen LogP contribution in [0.2, 0.25) is 0 Å². The van der Waals surface area contributed by atoms with Gasteiger partial charge in [-0.2, -0.15) is 0 Å². The fourth-order valence-corrected chi connectivity index (χ4v) is 3.92. The highest BCUT2D eigenvalue weighted by Gasteiger charge is 2.34. The quantitative estimate of drug-likeness (QED) is 0.899. The molecule has 0 bridgehead atoms. The van der Waals surface area contributed by atoms with Crippen LogP contribution in [0.3, 0.4) is 0 Å². The van der Waals surface area contributed by atoms with E-state index in [9.17, 15) is 4.21 Å². The molecule has 4 heteroatoms. The third-order valence-corrected chi connectivity index (χ3v) is 5.23. The zero-order chi connectivity index (χ0) is 16.4. The molecule has 22 heavy (non-hydrogen) atoms. The second-order valence-electron chi connectivity index (χ2n) is 7.05. The Hall–Kier alpha value is -1.39. The first kappa shape index (κ1) is 17.0. The van der Waals surface area contributed by atoms with Crippen LogP contribution in [0.15, 0.2) is 46.9 Å². The van der Waals surface area contributed by atoms with Crippen LogP contribution < -0.4 is 4.72 Å². The van der Waals surface area contributed by atoms with Crippen molar-refractivity contribution in [3.63, 3.8) is 0 Å². The van der Waals surface area contributed by atoms with Gasteiger partial charge < -0.3 is 4.42 Å². The first-order valence-corrected chi connectivity index (χ1v) is 8.81. The van der Waals surface area contributed by atoms with Gasteiger partial charge in [0, 0.05) is 5.75 Å². The van der Waals surface area contributed by atoms with E-state index in [-0.39, 0.29) is 5.41 Å². The maximum absolute atomic E-state index is 12.6. The van der Waals surface area contributed by atoms with Crippen molar-refractivity contribution in [3.8, 4) is 0 Å². The highest BCUT2D eigenvalue weighted by molar-refractivity contribution is 7.83. The van der Waals surface area contributed by atoms with Crippen molar-refractivity contribution < 1.29 is 8.63 Å². The van der Waals surface area contributed by atoms with E-state index < -0.39 is 16.5 Å². The molecule has 1 aromatic heterocycles. The number of hydrogen-bond acceptors (Lipinski definition) is 2. The summed E-state index contributed by atoms with van der Waals surface area (Å²) in [4.78, 5) is 0. The van der Waals surface area contributed by atoms with Crippen molar-refractivity contribution >= 4 is 11.0 Å². The number of nitrogens with one attached hydrogen (secondary N) is 1. The van der Waals surface area contributed by atoms with E-state index in [4.69, 9.17) is 4.42 Å². The summed E-state index contributed by atoms with van der Waals surface area (Å²) < 4.78 is 21.7. The van der Waals surface area contributed by atoms with E-state index in [1.165, 1.54) is 0 Å². The molecule has 1 heterocycles. The molecule has 0 saturated heterocycles. The number of rotatable bonds is 5. The minimum absolute atomic E-state index is 0.00542. The summed E-state index contributed by atoms with van der Waals surface area (Å²) in [7, 11) is -1.16. The van der Waals surface area contributed by atoms with Gasteiger partial charge in [-0.3, -0.25) is 0 Å². The van der Waals surface area contributed by atoms with E-state index in [1.807, 2.05) is 56.3 Å². The Labute approximate surface area is 135 Å². The fraction of sp³-hybridized carbons (Fsp3) is 0.444. The first-order valence-electron chi connectivity index (χ1n) is 7.49. The van der Waals surface area contributed by atoms with E-state index in [0.717, 1.165) is 17.1 Å². The van der Waals surface area contributed by atoms with Gasteiger partial charge in [0.05, 0.1) is 11.0 Å². The predicted molar refractivity (Wildman–Crippen MR) is 91.9 cm³/mol. The lowest BCUT2D eigenvalue weighted by atomic mass is 9.91. The topological polar surface area (TPSA) is 42.2 Å². The molecule has 0 spiro atoms. The Morgan fingerprint density at radius 3 is 2.18 bits per heavy atom. The van der Waals surface area contributed by atoms with Crippen LogP contribution >= 0.6 is 0 Å². The minimum atomic E-state index is -1.16. The Morgan fingerprint density at radius 1 is 1.05 bits per heavy atom. The molecule has 3 nitrogen and oxygen atoms in total. The second kappa shape index (κ2) is 6.39. The molecule has 0 aliphatic carbocycles. The van der Waals surface area contributed by atoms with Crippen LogP contribution in [-0.2, 0) is 16.5 Å². The van der Waals surface area contributed by atoms with Crippen LogP contribution in [0.1, 0.15) is 44.8 Å². The third kappa shape index (κ3) is 4.08. The van der Waals surface area contributed by atoms with Crippen LogP contribution in [0.25, 0.3) is 0 Å². The zero-order valence-corrected chi connectivity index (χ0v) is 14.8. The van der Waals surface area contributed by atoms with Gasteiger partial charge in [0.15, 0.2) is 0 Å². The summed E-state index contributed by atoms with van der Waals surface area (Å²) >= 11 is 0. The number of aryl methyl sites for hydroxylation is 1. The van der Waals surface area contributed by atoms with E-state index in [2.05, 4.69) is 25.5 Å². The Bertz CT molecular complexity index is 643. The molecule has 0 radical (unpaired) electrons. The number of furan rings is 1. The maximum atomic E-state index is 12.6. The van der Waals surface area contributed by atoms with E-state index in [1.54, 1.807) is 0 Å². The number of hydrogen-bond donors (Lipinski definition) is 1. The molecule has 2 aromatic rings. The van der Waals surface area contributed by atoms with Gasteiger partial charge in [0.1, 0.15) is 17.1 Å². The van der Waals surface area contributed by atoms with Gasteiger partial charge in [-0.05, 0) is 37.0 Å². The molecule has 0 aliphatic heterocycles. The standard InChI is InChI=1S/C18H25NO2S/c1-14-11-12-16(21-14)18(5,15-9-7-6-8-10-15)19-22(20)13-17(2,3)4/h6-12,19H,13H2,1-5H3/t18-,22?/m1/s1. The summed E-state index contributed by atoms with van der Waals surface area (Å²) in [5, 5.41) is 0. The van der Waals surface area contributed by atoms with Crippen LogP contribution in [0.4, 0.5) is 0 Å². The molecule has 1 unspecified atom stereocenters. The average molecular weight is 319 g/mol. The smallest absolute Gasteiger partial charge is 0.129 e. The van der Waals surface area contributed by atoms with Crippen molar-refractivity contribution in [2.75, 3.05) is 5.75 Å². The number of benzene rings is 1. The minimum Gasteiger partial charge on any atom is -0.464 e. The highest BCUT2D eigenvalue weighted by atomic mass is 32.2. The molecule has 120 valence electrons. The average Bonchev–Trinajstić information content (AvgIpc) is 2.84. The van der Waals surface area contributed by atoms with Crippen LogP contribution in [-0.4, -0.2) is 9.96 Å². The molecule has 0 saturated carbocycles. The Balaban J connectivity index is 2.37. The molecular weight excluding hydrogens is 294 g/mol.